The lowest BCUT2D eigenvalue weighted by molar-refractivity contribution is 0.415. The molecule has 1 rings (SSSR count). The standard InChI is InChI=1S/C9H13N3OS/c1-10-9(14)12-11-7-3-5-8(13-2)6-4-7/h3-6,11H,1-2H3,(H2,10,12,14). The van der Waals surface area contributed by atoms with Gasteiger partial charge in [-0.1, -0.05) is 0 Å². The number of nitrogens with one attached hydrogen (secondary N) is 3. The van der Waals surface area contributed by atoms with Crippen LogP contribution in [0.2, 0.25) is 0 Å². The molecule has 1 aromatic rings. The Bertz CT molecular complexity index is 299. The minimum absolute atomic E-state index is 0.542. The van der Waals surface area contributed by atoms with Crippen LogP contribution in [0, 0.1) is 0 Å². The van der Waals surface area contributed by atoms with Crippen LogP contribution in [0.5, 0.6) is 5.75 Å². The number of thiocarbonyl (C=S) groups is 1. The summed E-state index contributed by atoms with van der Waals surface area (Å²) in [4.78, 5) is 0. The van der Waals surface area contributed by atoms with Crippen LogP contribution >= 0.6 is 12.2 Å². The summed E-state index contributed by atoms with van der Waals surface area (Å²) in [7, 11) is 3.39. The fourth-order valence-corrected chi connectivity index (χ4v) is 0.917. The van der Waals surface area contributed by atoms with Gasteiger partial charge in [-0.3, -0.25) is 10.9 Å². The van der Waals surface area contributed by atoms with Gasteiger partial charge < -0.3 is 10.1 Å². The van der Waals surface area contributed by atoms with Crippen molar-refractivity contribution < 1.29 is 4.74 Å². The molecule has 0 aliphatic carbocycles. The third-order valence-electron chi connectivity index (χ3n) is 1.64. The van der Waals surface area contributed by atoms with Crippen molar-refractivity contribution in [2.45, 2.75) is 0 Å². The number of hydrogen-bond donors (Lipinski definition) is 3. The summed E-state index contributed by atoms with van der Waals surface area (Å²) in [5.74, 6) is 0.826. The first kappa shape index (κ1) is 10.6. The van der Waals surface area contributed by atoms with Crippen molar-refractivity contribution in [1.29, 1.82) is 0 Å². The zero-order valence-corrected chi connectivity index (χ0v) is 8.94. The number of hydrazine groups is 1. The number of benzene rings is 1. The molecule has 3 N–H and O–H groups in total. The maximum atomic E-state index is 5.03. The molecular weight excluding hydrogens is 198 g/mol. The second-order valence-corrected chi connectivity index (χ2v) is 2.97. The largest absolute Gasteiger partial charge is 0.497 e. The second kappa shape index (κ2) is 5.29. The molecule has 5 heteroatoms. The fourth-order valence-electron chi connectivity index (χ4n) is 0.866. The monoisotopic (exact) mass is 211 g/mol. The summed E-state index contributed by atoms with van der Waals surface area (Å²) in [6, 6.07) is 7.52. The molecule has 0 amide bonds. The van der Waals surface area contributed by atoms with Crippen LogP contribution in [0.15, 0.2) is 24.3 Å². The van der Waals surface area contributed by atoms with Crippen molar-refractivity contribution >= 4 is 23.0 Å². The first-order valence-electron chi connectivity index (χ1n) is 4.14. The van der Waals surface area contributed by atoms with Gasteiger partial charge in [0.2, 0.25) is 0 Å². The second-order valence-electron chi connectivity index (χ2n) is 2.56. The van der Waals surface area contributed by atoms with Crippen molar-refractivity contribution in [3.63, 3.8) is 0 Å². The van der Waals surface area contributed by atoms with Crippen molar-refractivity contribution in [2.24, 2.45) is 0 Å². The number of rotatable bonds is 3. The van der Waals surface area contributed by atoms with Crippen LogP contribution in [-0.2, 0) is 0 Å². The summed E-state index contributed by atoms with van der Waals surface area (Å²) in [6.45, 7) is 0. The third-order valence-corrected chi connectivity index (χ3v) is 1.94. The van der Waals surface area contributed by atoms with Crippen LogP contribution in [0.4, 0.5) is 5.69 Å². The van der Waals surface area contributed by atoms with E-state index in [1.165, 1.54) is 0 Å². The first-order valence-corrected chi connectivity index (χ1v) is 4.55. The number of anilines is 1. The van der Waals surface area contributed by atoms with Crippen LogP contribution < -0.4 is 20.9 Å². The van der Waals surface area contributed by atoms with Gasteiger partial charge in [-0.05, 0) is 36.5 Å². The number of ether oxygens (including phenoxy) is 1. The zero-order valence-electron chi connectivity index (χ0n) is 8.13. The summed E-state index contributed by atoms with van der Waals surface area (Å²) in [5.41, 5.74) is 6.67. The van der Waals surface area contributed by atoms with E-state index in [-0.39, 0.29) is 0 Å². The van der Waals surface area contributed by atoms with E-state index < -0.39 is 0 Å². The lowest BCUT2D eigenvalue weighted by Gasteiger charge is -2.10. The van der Waals surface area contributed by atoms with Crippen LogP contribution in [-0.4, -0.2) is 19.3 Å². The predicted molar refractivity (Wildman–Crippen MR) is 61.4 cm³/mol. The molecule has 1 aromatic carbocycles. The number of methoxy groups -OCH3 is 1. The van der Waals surface area contributed by atoms with Gasteiger partial charge >= 0.3 is 0 Å². The maximum absolute atomic E-state index is 5.03. The van der Waals surface area contributed by atoms with Crippen molar-refractivity contribution in [3.05, 3.63) is 24.3 Å². The van der Waals surface area contributed by atoms with Gasteiger partial charge in [-0.25, -0.2) is 0 Å². The molecule has 0 atom stereocenters. The molecule has 0 aliphatic heterocycles. The molecule has 0 aromatic heterocycles. The highest BCUT2D eigenvalue weighted by molar-refractivity contribution is 7.80. The Labute approximate surface area is 88.6 Å². The van der Waals surface area contributed by atoms with Crippen LogP contribution in [0.25, 0.3) is 0 Å². The Kier molecular flexibility index (Phi) is 4.00. The predicted octanol–water partition coefficient (Wildman–Crippen LogP) is 1.12. The summed E-state index contributed by atoms with van der Waals surface area (Å²) in [5, 5.41) is 3.33. The highest BCUT2D eigenvalue weighted by Crippen LogP contribution is 2.13. The molecule has 0 unspecified atom stereocenters. The van der Waals surface area contributed by atoms with Crippen molar-refractivity contribution in [1.82, 2.24) is 10.7 Å². The Morgan fingerprint density at radius 1 is 1.29 bits per heavy atom. The van der Waals surface area contributed by atoms with E-state index in [0.29, 0.717) is 5.11 Å². The van der Waals surface area contributed by atoms with Crippen molar-refractivity contribution in [3.8, 4) is 5.75 Å². The first-order chi connectivity index (χ1) is 6.76. The average Bonchev–Trinajstić information content (AvgIpc) is 2.26. The van der Waals surface area contributed by atoms with Gasteiger partial charge in [-0.2, -0.15) is 0 Å². The Hall–Kier alpha value is -1.49. The van der Waals surface area contributed by atoms with Gasteiger partial charge in [-0.15, -0.1) is 0 Å². The average molecular weight is 211 g/mol. The lowest BCUT2D eigenvalue weighted by Crippen LogP contribution is -2.36. The van der Waals surface area contributed by atoms with E-state index in [1.54, 1.807) is 14.2 Å². The topological polar surface area (TPSA) is 45.3 Å². The van der Waals surface area contributed by atoms with Gasteiger partial charge in [0.05, 0.1) is 12.8 Å². The van der Waals surface area contributed by atoms with Gasteiger partial charge in [0.25, 0.3) is 0 Å². The molecule has 76 valence electrons. The fraction of sp³-hybridized carbons (Fsp3) is 0.222. The third kappa shape index (κ3) is 3.10. The Morgan fingerprint density at radius 2 is 1.93 bits per heavy atom. The van der Waals surface area contributed by atoms with Gasteiger partial charge in [0.15, 0.2) is 5.11 Å². The van der Waals surface area contributed by atoms with E-state index in [4.69, 9.17) is 17.0 Å². The molecule has 0 aliphatic rings. The van der Waals surface area contributed by atoms with E-state index in [9.17, 15) is 0 Å². The smallest absolute Gasteiger partial charge is 0.184 e. The normalized spacial score (nSPS) is 9.00. The lowest BCUT2D eigenvalue weighted by atomic mass is 10.3. The van der Waals surface area contributed by atoms with E-state index in [1.807, 2.05) is 24.3 Å². The van der Waals surface area contributed by atoms with Crippen molar-refractivity contribution in [2.75, 3.05) is 19.6 Å². The minimum atomic E-state index is 0.542. The van der Waals surface area contributed by atoms with Gasteiger partial charge in [0, 0.05) is 7.05 Å². The molecule has 0 bridgehead atoms. The molecule has 14 heavy (non-hydrogen) atoms. The molecule has 4 nitrogen and oxygen atoms in total. The maximum Gasteiger partial charge on any atom is 0.184 e. The molecule has 0 radical (unpaired) electrons. The minimum Gasteiger partial charge on any atom is -0.497 e. The Morgan fingerprint density at radius 3 is 2.43 bits per heavy atom. The molecule has 0 saturated heterocycles. The summed E-state index contributed by atoms with van der Waals surface area (Å²) < 4.78 is 5.03. The molecule has 0 saturated carbocycles. The van der Waals surface area contributed by atoms with Crippen LogP contribution in [0.3, 0.4) is 0 Å². The number of hydrogen-bond acceptors (Lipinski definition) is 3. The molecular formula is C9H13N3OS. The quantitative estimate of drug-likeness (QED) is 0.516. The van der Waals surface area contributed by atoms with E-state index in [0.717, 1.165) is 11.4 Å². The highest BCUT2D eigenvalue weighted by atomic mass is 32.1. The summed E-state index contributed by atoms with van der Waals surface area (Å²) in [6.07, 6.45) is 0. The molecule has 0 heterocycles. The van der Waals surface area contributed by atoms with Gasteiger partial charge in [0.1, 0.15) is 5.75 Å². The zero-order chi connectivity index (χ0) is 10.4. The highest BCUT2D eigenvalue weighted by Gasteiger charge is 1.93. The van der Waals surface area contributed by atoms with E-state index >= 15 is 0 Å². The molecule has 0 fully saturated rings. The summed E-state index contributed by atoms with van der Waals surface area (Å²) >= 11 is 4.89. The SMILES string of the molecule is CNC(=S)NNc1ccc(OC)cc1. The molecule has 0 spiro atoms. The van der Waals surface area contributed by atoms with Crippen LogP contribution in [0.1, 0.15) is 0 Å². The Balaban J connectivity index is 2.47. The van der Waals surface area contributed by atoms with E-state index in [2.05, 4.69) is 16.2 Å².